The van der Waals surface area contributed by atoms with Crippen molar-refractivity contribution in [1.29, 1.82) is 0 Å². The predicted molar refractivity (Wildman–Crippen MR) is 82.7 cm³/mol. The maximum atomic E-state index is 13.3. The van der Waals surface area contributed by atoms with E-state index >= 15 is 0 Å². The number of halogens is 2. The molecule has 2 unspecified atom stereocenters. The van der Waals surface area contributed by atoms with E-state index in [4.69, 9.17) is 16.3 Å². The zero-order valence-corrected chi connectivity index (χ0v) is 13.3. The second-order valence-electron chi connectivity index (χ2n) is 5.35. The van der Waals surface area contributed by atoms with E-state index in [1.165, 1.54) is 23.5 Å². The fourth-order valence-electron chi connectivity index (χ4n) is 2.66. The molecule has 112 valence electrons. The van der Waals surface area contributed by atoms with E-state index in [9.17, 15) is 9.18 Å². The van der Waals surface area contributed by atoms with Gasteiger partial charge in [0.2, 0.25) is 0 Å². The number of amides is 1. The third-order valence-corrected chi connectivity index (χ3v) is 5.14. The van der Waals surface area contributed by atoms with Crippen molar-refractivity contribution in [1.82, 2.24) is 4.90 Å². The maximum absolute atomic E-state index is 13.3. The summed E-state index contributed by atoms with van der Waals surface area (Å²) in [4.78, 5) is 14.9. The van der Waals surface area contributed by atoms with Gasteiger partial charge in [-0.2, -0.15) is 0 Å². The van der Waals surface area contributed by atoms with Gasteiger partial charge in [0, 0.05) is 23.2 Å². The molecule has 2 heterocycles. The summed E-state index contributed by atoms with van der Waals surface area (Å²) in [5.41, 5.74) is 0. The average Bonchev–Trinajstić information content (AvgIpc) is 2.73. The first-order chi connectivity index (χ1) is 9.95. The van der Waals surface area contributed by atoms with E-state index < -0.39 is 0 Å². The fraction of sp³-hybridized carbons (Fsp3) is 0.400. The van der Waals surface area contributed by atoms with Gasteiger partial charge in [-0.3, -0.25) is 4.79 Å². The minimum absolute atomic E-state index is 0.00305. The number of benzene rings is 1. The van der Waals surface area contributed by atoms with Crippen LogP contribution in [0.5, 0.6) is 0 Å². The number of nitrogens with zero attached hydrogens (tertiary/aromatic N) is 1. The van der Waals surface area contributed by atoms with Gasteiger partial charge >= 0.3 is 0 Å². The number of hydrogen-bond acceptors (Lipinski definition) is 3. The third kappa shape index (κ3) is 2.78. The predicted octanol–water partition coefficient (Wildman–Crippen LogP) is 3.94. The molecule has 2 atom stereocenters. The Morgan fingerprint density at radius 3 is 2.71 bits per heavy atom. The quantitative estimate of drug-likeness (QED) is 0.794. The zero-order valence-electron chi connectivity index (χ0n) is 11.7. The van der Waals surface area contributed by atoms with Crippen LogP contribution in [-0.2, 0) is 4.74 Å². The van der Waals surface area contributed by atoms with Gasteiger partial charge in [0.15, 0.2) is 0 Å². The van der Waals surface area contributed by atoms with Crippen LogP contribution in [-0.4, -0.2) is 36.1 Å². The molecule has 0 radical (unpaired) electrons. The van der Waals surface area contributed by atoms with Gasteiger partial charge in [0.1, 0.15) is 10.7 Å². The molecule has 0 spiro atoms. The molecule has 6 heteroatoms. The van der Waals surface area contributed by atoms with Crippen molar-refractivity contribution >= 4 is 38.9 Å². The lowest BCUT2D eigenvalue weighted by atomic mass is 10.2. The number of carbonyl (C=O) groups is 1. The van der Waals surface area contributed by atoms with Crippen LogP contribution in [0, 0.1) is 5.82 Å². The Hall–Kier alpha value is -1.17. The Labute approximate surface area is 131 Å². The van der Waals surface area contributed by atoms with E-state index in [1.54, 1.807) is 11.0 Å². The van der Waals surface area contributed by atoms with Crippen LogP contribution in [0.1, 0.15) is 23.5 Å². The summed E-state index contributed by atoms with van der Waals surface area (Å²) in [6.45, 7) is 4.97. The van der Waals surface area contributed by atoms with Crippen molar-refractivity contribution in [2.24, 2.45) is 0 Å². The van der Waals surface area contributed by atoms with Crippen LogP contribution in [0.15, 0.2) is 18.2 Å². The molecule has 0 bridgehead atoms. The summed E-state index contributed by atoms with van der Waals surface area (Å²) in [6.07, 6.45) is 0.00611. The van der Waals surface area contributed by atoms with E-state index in [0.717, 1.165) is 5.39 Å². The van der Waals surface area contributed by atoms with Crippen LogP contribution >= 0.6 is 22.9 Å². The molecular formula is C15H15ClFNO2S. The second-order valence-corrected chi connectivity index (χ2v) is 6.78. The maximum Gasteiger partial charge on any atom is 0.265 e. The summed E-state index contributed by atoms with van der Waals surface area (Å²) < 4.78 is 19.6. The van der Waals surface area contributed by atoms with Gasteiger partial charge in [-0.25, -0.2) is 4.39 Å². The second kappa shape index (κ2) is 5.55. The minimum Gasteiger partial charge on any atom is -0.372 e. The van der Waals surface area contributed by atoms with E-state index in [1.807, 2.05) is 13.8 Å². The van der Waals surface area contributed by atoms with Gasteiger partial charge in [0.25, 0.3) is 5.91 Å². The van der Waals surface area contributed by atoms with Crippen LogP contribution < -0.4 is 0 Å². The van der Waals surface area contributed by atoms with Gasteiger partial charge in [-0.05, 0) is 32.0 Å². The van der Waals surface area contributed by atoms with E-state index in [2.05, 4.69) is 0 Å². The molecule has 21 heavy (non-hydrogen) atoms. The highest BCUT2D eigenvalue weighted by Crippen LogP contribution is 2.36. The zero-order chi connectivity index (χ0) is 15.1. The minimum atomic E-state index is -0.326. The van der Waals surface area contributed by atoms with Gasteiger partial charge in [0.05, 0.1) is 17.2 Å². The Kier molecular flexibility index (Phi) is 3.90. The summed E-state index contributed by atoms with van der Waals surface area (Å²) in [7, 11) is 0. The number of fused-ring (bicyclic) bond motifs is 1. The first-order valence-electron chi connectivity index (χ1n) is 6.78. The lowest BCUT2D eigenvalue weighted by Crippen LogP contribution is -2.48. The Morgan fingerprint density at radius 1 is 1.38 bits per heavy atom. The van der Waals surface area contributed by atoms with Crippen molar-refractivity contribution in [2.75, 3.05) is 13.1 Å². The molecule has 1 amide bonds. The molecule has 3 rings (SSSR count). The highest BCUT2D eigenvalue weighted by atomic mass is 35.5. The third-order valence-electron chi connectivity index (χ3n) is 3.49. The molecule has 1 aromatic heterocycles. The van der Waals surface area contributed by atoms with Gasteiger partial charge < -0.3 is 9.64 Å². The molecule has 1 saturated heterocycles. The summed E-state index contributed by atoms with van der Waals surface area (Å²) in [5, 5.41) is 1.13. The normalized spacial score (nSPS) is 22.8. The highest BCUT2D eigenvalue weighted by molar-refractivity contribution is 7.21. The lowest BCUT2D eigenvalue weighted by Gasteiger charge is -2.35. The van der Waals surface area contributed by atoms with Crippen molar-refractivity contribution in [3.05, 3.63) is 33.9 Å². The Balaban J connectivity index is 1.96. The molecule has 1 aliphatic heterocycles. The van der Waals surface area contributed by atoms with Crippen LogP contribution in [0.25, 0.3) is 10.1 Å². The monoisotopic (exact) mass is 327 g/mol. The summed E-state index contributed by atoms with van der Waals surface area (Å²) in [6, 6.07) is 4.38. The van der Waals surface area contributed by atoms with Crippen molar-refractivity contribution in [3.63, 3.8) is 0 Å². The van der Waals surface area contributed by atoms with Gasteiger partial charge in [-0.1, -0.05) is 11.6 Å². The molecule has 2 aromatic rings. The van der Waals surface area contributed by atoms with Gasteiger partial charge in [-0.15, -0.1) is 11.3 Å². The number of carbonyl (C=O) groups excluding carboxylic acids is 1. The molecule has 3 nitrogen and oxygen atoms in total. The number of rotatable bonds is 1. The molecular weight excluding hydrogens is 313 g/mol. The highest BCUT2D eigenvalue weighted by Gasteiger charge is 2.29. The molecule has 1 aromatic carbocycles. The first-order valence-corrected chi connectivity index (χ1v) is 7.97. The first kappa shape index (κ1) is 14.8. The number of ether oxygens (including phenoxy) is 1. The van der Waals surface area contributed by atoms with Crippen LogP contribution in [0.3, 0.4) is 0 Å². The molecule has 0 saturated carbocycles. The SMILES string of the molecule is CC1CN(C(=O)c2sc3cc(F)ccc3c2Cl)CC(C)O1. The molecule has 1 aliphatic rings. The summed E-state index contributed by atoms with van der Waals surface area (Å²) >= 11 is 7.54. The summed E-state index contributed by atoms with van der Waals surface area (Å²) in [5.74, 6) is -0.434. The standard InChI is InChI=1S/C15H15ClFNO2S/c1-8-6-18(7-9(2)20-8)15(19)14-13(16)11-4-3-10(17)5-12(11)21-14/h3-5,8-9H,6-7H2,1-2H3. The fourth-order valence-corrected chi connectivity index (χ4v) is 4.17. The number of thiophene rings is 1. The topological polar surface area (TPSA) is 29.5 Å². The Bertz CT molecular complexity index is 692. The van der Waals surface area contributed by atoms with E-state index in [-0.39, 0.29) is 23.9 Å². The smallest absolute Gasteiger partial charge is 0.265 e. The van der Waals surface area contributed by atoms with Crippen molar-refractivity contribution in [3.8, 4) is 0 Å². The molecule has 1 fully saturated rings. The molecule has 0 N–H and O–H groups in total. The Morgan fingerprint density at radius 2 is 2.05 bits per heavy atom. The van der Waals surface area contributed by atoms with Crippen molar-refractivity contribution in [2.45, 2.75) is 26.1 Å². The van der Waals surface area contributed by atoms with Crippen molar-refractivity contribution < 1.29 is 13.9 Å². The molecule has 0 aliphatic carbocycles. The van der Waals surface area contributed by atoms with E-state index in [0.29, 0.717) is 27.7 Å². The number of hydrogen-bond donors (Lipinski definition) is 0. The largest absolute Gasteiger partial charge is 0.372 e. The van der Waals surface area contributed by atoms with Crippen LogP contribution in [0.4, 0.5) is 4.39 Å². The average molecular weight is 328 g/mol. The lowest BCUT2D eigenvalue weighted by molar-refractivity contribution is -0.0584. The van der Waals surface area contributed by atoms with Crippen LogP contribution in [0.2, 0.25) is 5.02 Å². The number of morpholine rings is 1.